The molecule has 1 aromatic heterocycles. The van der Waals surface area contributed by atoms with Gasteiger partial charge in [-0.15, -0.1) is 0 Å². The summed E-state index contributed by atoms with van der Waals surface area (Å²) in [6, 6.07) is 22.8. The summed E-state index contributed by atoms with van der Waals surface area (Å²) in [6.07, 6.45) is 3.49. The second-order valence-corrected chi connectivity index (χ2v) is 9.12. The average Bonchev–Trinajstić information content (AvgIpc) is 3.29. The van der Waals surface area contributed by atoms with Crippen LogP contribution >= 0.6 is 0 Å². The fourth-order valence-corrected chi connectivity index (χ4v) is 5.26. The Morgan fingerprint density at radius 2 is 1.63 bits per heavy atom. The molecule has 1 aliphatic rings. The van der Waals surface area contributed by atoms with Crippen LogP contribution in [0.5, 0.6) is 11.5 Å². The minimum atomic E-state index is -0.124. The van der Waals surface area contributed by atoms with Gasteiger partial charge < -0.3 is 18.9 Å². The van der Waals surface area contributed by atoms with E-state index in [-0.39, 0.29) is 11.8 Å². The maximum atomic E-state index is 13.7. The van der Waals surface area contributed by atoms with Crippen molar-refractivity contribution in [1.29, 1.82) is 0 Å². The number of ether oxygens (including phenoxy) is 2. The number of carbonyl (C=O) groups is 1. The van der Waals surface area contributed by atoms with Gasteiger partial charge in [0.2, 0.25) is 5.91 Å². The molecule has 180 valence electrons. The van der Waals surface area contributed by atoms with Gasteiger partial charge in [0, 0.05) is 55.1 Å². The number of methoxy groups -OCH3 is 2. The van der Waals surface area contributed by atoms with Crippen LogP contribution in [-0.4, -0.2) is 36.1 Å². The highest BCUT2D eigenvalue weighted by atomic mass is 16.5. The van der Waals surface area contributed by atoms with E-state index in [0.29, 0.717) is 13.0 Å². The first-order chi connectivity index (χ1) is 17.1. The summed E-state index contributed by atoms with van der Waals surface area (Å²) in [5, 5.41) is 1.18. The number of hydrogen-bond donors (Lipinski definition) is 0. The van der Waals surface area contributed by atoms with Crippen molar-refractivity contribution in [2.75, 3.05) is 20.8 Å². The molecule has 0 saturated carbocycles. The van der Waals surface area contributed by atoms with Crippen molar-refractivity contribution in [2.45, 2.75) is 38.8 Å². The van der Waals surface area contributed by atoms with Gasteiger partial charge >= 0.3 is 0 Å². The number of benzene rings is 3. The molecular weight excluding hydrogens is 436 g/mol. The van der Waals surface area contributed by atoms with Crippen LogP contribution in [0.1, 0.15) is 41.5 Å². The highest BCUT2D eigenvalue weighted by Gasteiger charge is 2.28. The molecule has 0 bridgehead atoms. The van der Waals surface area contributed by atoms with E-state index in [1.807, 2.05) is 23.1 Å². The predicted octanol–water partition coefficient (Wildman–Crippen LogP) is 5.79. The number of aryl methyl sites for hydroxylation is 1. The molecule has 0 N–H and O–H groups in total. The molecule has 5 nitrogen and oxygen atoms in total. The zero-order valence-electron chi connectivity index (χ0n) is 20.7. The van der Waals surface area contributed by atoms with E-state index >= 15 is 0 Å². The smallest absolute Gasteiger partial charge is 0.223 e. The van der Waals surface area contributed by atoms with Crippen LogP contribution in [0.25, 0.3) is 10.9 Å². The first-order valence-electron chi connectivity index (χ1n) is 12.3. The fraction of sp³-hybridized carbons (Fsp3) is 0.300. The van der Waals surface area contributed by atoms with Crippen LogP contribution in [0.4, 0.5) is 0 Å². The van der Waals surface area contributed by atoms with Gasteiger partial charge in [-0.25, -0.2) is 0 Å². The number of para-hydroxylation sites is 1. The van der Waals surface area contributed by atoms with E-state index in [9.17, 15) is 4.79 Å². The van der Waals surface area contributed by atoms with Gasteiger partial charge in [-0.3, -0.25) is 4.79 Å². The van der Waals surface area contributed by atoms with E-state index in [0.717, 1.165) is 42.1 Å². The molecule has 1 atom stereocenters. The van der Waals surface area contributed by atoms with Gasteiger partial charge in [0.1, 0.15) is 11.5 Å². The lowest BCUT2D eigenvalue weighted by Crippen LogP contribution is -2.36. The van der Waals surface area contributed by atoms with Gasteiger partial charge in [-0.2, -0.15) is 0 Å². The molecule has 0 fully saturated rings. The van der Waals surface area contributed by atoms with Crippen LogP contribution in [0.15, 0.2) is 72.9 Å². The van der Waals surface area contributed by atoms with Gasteiger partial charge in [-0.05, 0) is 53.8 Å². The number of fused-ring (bicyclic) bond motifs is 2. The maximum absolute atomic E-state index is 13.7. The molecule has 3 aromatic carbocycles. The highest BCUT2D eigenvalue weighted by molar-refractivity contribution is 5.87. The topological polar surface area (TPSA) is 43.7 Å². The molecule has 0 aliphatic carbocycles. The second-order valence-electron chi connectivity index (χ2n) is 9.12. The Kier molecular flexibility index (Phi) is 6.49. The van der Waals surface area contributed by atoms with Gasteiger partial charge in [0.15, 0.2) is 0 Å². The molecule has 0 saturated heterocycles. The molecule has 0 radical (unpaired) electrons. The van der Waals surface area contributed by atoms with E-state index < -0.39 is 0 Å². The monoisotopic (exact) mass is 468 g/mol. The van der Waals surface area contributed by atoms with Gasteiger partial charge in [0.05, 0.1) is 14.2 Å². The average molecular weight is 469 g/mol. The SMILES string of the molecule is CCn1cc(C(CC(=O)N2CCc3ccccc3C2)c2cc(OC)cc(OC)c2)c2ccccc21. The van der Waals surface area contributed by atoms with Crippen molar-refractivity contribution in [3.63, 3.8) is 0 Å². The van der Waals surface area contributed by atoms with E-state index in [1.54, 1.807) is 14.2 Å². The van der Waals surface area contributed by atoms with Crippen LogP contribution < -0.4 is 9.47 Å². The molecular formula is C30H32N2O3. The number of nitrogens with zero attached hydrogens (tertiary/aromatic N) is 2. The number of rotatable bonds is 7. The lowest BCUT2D eigenvalue weighted by molar-refractivity contribution is -0.132. The molecule has 1 unspecified atom stereocenters. The molecule has 1 amide bonds. The van der Waals surface area contributed by atoms with Crippen molar-refractivity contribution in [3.8, 4) is 11.5 Å². The third kappa shape index (κ3) is 4.51. The summed E-state index contributed by atoms with van der Waals surface area (Å²) in [6.45, 7) is 4.43. The van der Waals surface area contributed by atoms with E-state index in [2.05, 4.69) is 66.2 Å². The Morgan fingerprint density at radius 3 is 2.34 bits per heavy atom. The predicted molar refractivity (Wildman–Crippen MR) is 139 cm³/mol. The summed E-state index contributed by atoms with van der Waals surface area (Å²) >= 11 is 0. The largest absolute Gasteiger partial charge is 0.497 e. The van der Waals surface area contributed by atoms with Gasteiger partial charge in [0.25, 0.3) is 0 Å². The van der Waals surface area contributed by atoms with Crippen LogP contribution in [0.2, 0.25) is 0 Å². The van der Waals surface area contributed by atoms with Gasteiger partial charge in [-0.1, -0.05) is 42.5 Å². The standard InChI is InChI=1S/C30H32N2O3/c1-4-31-20-28(26-11-7-8-12-29(26)31)27(23-15-24(34-2)17-25(16-23)35-3)18-30(33)32-14-13-21-9-5-6-10-22(21)19-32/h5-12,15-17,20,27H,4,13-14,18-19H2,1-3H3. The molecule has 2 heterocycles. The Labute approximate surface area is 206 Å². The molecule has 1 aliphatic heterocycles. The van der Waals surface area contributed by atoms with Crippen molar-refractivity contribution in [1.82, 2.24) is 9.47 Å². The normalized spacial score (nSPS) is 14.0. The first kappa shape index (κ1) is 23.0. The summed E-state index contributed by atoms with van der Waals surface area (Å²) < 4.78 is 13.4. The van der Waals surface area contributed by atoms with Crippen LogP contribution in [0, 0.1) is 0 Å². The summed E-state index contributed by atoms with van der Waals surface area (Å²) in [5.74, 6) is 1.49. The fourth-order valence-electron chi connectivity index (χ4n) is 5.26. The Balaban J connectivity index is 1.56. The third-order valence-corrected chi connectivity index (χ3v) is 7.17. The Bertz CT molecular complexity index is 1330. The van der Waals surface area contributed by atoms with Crippen molar-refractivity contribution in [2.24, 2.45) is 0 Å². The second kappa shape index (κ2) is 9.87. The number of amides is 1. The third-order valence-electron chi connectivity index (χ3n) is 7.17. The summed E-state index contributed by atoms with van der Waals surface area (Å²) in [4.78, 5) is 15.7. The number of carbonyl (C=O) groups excluding carboxylic acids is 1. The lowest BCUT2D eigenvalue weighted by Gasteiger charge is -2.30. The van der Waals surface area contributed by atoms with Crippen molar-refractivity contribution in [3.05, 3.63) is 95.2 Å². The Morgan fingerprint density at radius 1 is 0.943 bits per heavy atom. The van der Waals surface area contributed by atoms with Crippen molar-refractivity contribution < 1.29 is 14.3 Å². The minimum Gasteiger partial charge on any atom is -0.497 e. The zero-order chi connectivity index (χ0) is 24.4. The highest BCUT2D eigenvalue weighted by Crippen LogP contribution is 2.38. The van der Waals surface area contributed by atoms with Crippen LogP contribution in [0.3, 0.4) is 0 Å². The van der Waals surface area contributed by atoms with E-state index in [4.69, 9.17) is 9.47 Å². The molecule has 0 spiro atoms. The molecule has 5 rings (SSSR count). The summed E-state index contributed by atoms with van der Waals surface area (Å²) in [7, 11) is 3.32. The number of hydrogen-bond acceptors (Lipinski definition) is 3. The Hall–Kier alpha value is -3.73. The zero-order valence-corrected chi connectivity index (χ0v) is 20.7. The summed E-state index contributed by atoms with van der Waals surface area (Å²) in [5.41, 5.74) is 5.95. The molecule has 35 heavy (non-hydrogen) atoms. The quantitative estimate of drug-likeness (QED) is 0.345. The molecule has 4 aromatic rings. The lowest BCUT2D eigenvalue weighted by atomic mass is 9.87. The van der Waals surface area contributed by atoms with Crippen LogP contribution in [-0.2, 0) is 24.3 Å². The molecule has 5 heteroatoms. The maximum Gasteiger partial charge on any atom is 0.223 e. The van der Waals surface area contributed by atoms with E-state index in [1.165, 1.54) is 22.0 Å². The number of aromatic nitrogens is 1. The minimum absolute atomic E-state index is 0.124. The van der Waals surface area contributed by atoms with Crippen molar-refractivity contribution >= 4 is 16.8 Å². The first-order valence-corrected chi connectivity index (χ1v) is 12.3.